The predicted octanol–water partition coefficient (Wildman–Crippen LogP) is 3.19. The zero-order valence-electron chi connectivity index (χ0n) is 14.6. The van der Waals surface area contributed by atoms with E-state index in [-0.39, 0.29) is 10.9 Å². The van der Waals surface area contributed by atoms with Gasteiger partial charge in [0.1, 0.15) is 11.6 Å². The summed E-state index contributed by atoms with van der Waals surface area (Å²) in [5.74, 6) is 1.37. The number of methoxy groups -OCH3 is 1. The lowest BCUT2D eigenvalue weighted by Crippen LogP contribution is -2.41. The number of rotatable bonds is 4. The Labute approximate surface area is 153 Å². The molecule has 0 amide bonds. The van der Waals surface area contributed by atoms with Gasteiger partial charge in [-0.2, -0.15) is 4.31 Å². The Bertz CT molecular complexity index is 860. The van der Waals surface area contributed by atoms with Gasteiger partial charge in [0.25, 0.3) is 0 Å². The van der Waals surface area contributed by atoms with E-state index in [1.807, 2.05) is 20.0 Å². The van der Waals surface area contributed by atoms with Gasteiger partial charge >= 0.3 is 0 Å². The van der Waals surface area contributed by atoms with Crippen LogP contribution in [-0.4, -0.2) is 42.5 Å². The van der Waals surface area contributed by atoms with Crippen molar-refractivity contribution in [2.24, 2.45) is 0 Å². The molecule has 0 N–H and O–H groups in total. The predicted molar refractivity (Wildman–Crippen MR) is 96.7 cm³/mol. The molecule has 8 heteroatoms. The number of ether oxygens (including phenoxy) is 1. The summed E-state index contributed by atoms with van der Waals surface area (Å²) < 4.78 is 34.8. The van der Waals surface area contributed by atoms with Crippen molar-refractivity contribution < 1.29 is 13.2 Å². The second kappa shape index (κ2) is 6.97. The fourth-order valence-corrected chi connectivity index (χ4v) is 5.29. The fourth-order valence-electron chi connectivity index (χ4n) is 3.43. The van der Waals surface area contributed by atoms with Crippen molar-refractivity contribution >= 4 is 21.6 Å². The molecule has 0 spiro atoms. The molecule has 1 aromatic carbocycles. The van der Waals surface area contributed by atoms with Crippen LogP contribution in [-0.2, 0) is 10.0 Å². The van der Waals surface area contributed by atoms with Crippen LogP contribution in [0.3, 0.4) is 0 Å². The van der Waals surface area contributed by atoms with Crippen molar-refractivity contribution in [2.45, 2.75) is 37.6 Å². The first kappa shape index (κ1) is 18.2. The molecule has 2 aromatic rings. The lowest BCUT2D eigenvalue weighted by atomic mass is 10.1. The summed E-state index contributed by atoms with van der Waals surface area (Å²) in [6.45, 7) is 4.89. The molecular weight excluding hydrogens is 362 g/mol. The number of sulfonamides is 1. The lowest BCUT2D eigenvalue weighted by molar-refractivity contribution is 0.262. The van der Waals surface area contributed by atoms with Crippen molar-refractivity contribution in [1.29, 1.82) is 0 Å². The normalized spacial score (nSPS) is 19.1. The molecule has 136 valence electrons. The minimum absolute atomic E-state index is 0.0970. The molecule has 2 heterocycles. The summed E-state index contributed by atoms with van der Waals surface area (Å²) in [4.78, 5) is 4.52. The van der Waals surface area contributed by atoms with E-state index in [4.69, 9.17) is 16.3 Å². The zero-order valence-corrected chi connectivity index (χ0v) is 16.1. The highest BCUT2D eigenvalue weighted by Gasteiger charge is 2.32. The van der Waals surface area contributed by atoms with Gasteiger partial charge < -0.3 is 9.30 Å². The molecule has 1 aliphatic rings. The lowest BCUT2D eigenvalue weighted by Gasteiger charge is -2.33. The van der Waals surface area contributed by atoms with Crippen LogP contribution in [0.2, 0.25) is 5.02 Å². The quantitative estimate of drug-likeness (QED) is 0.813. The number of aromatic nitrogens is 2. The summed E-state index contributed by atoms with van der Waals surface area (Å²) in [5.41, 5.74) is 1.05. The summed E-state index contributed by atoms with van der Waals surface area (Å²) in [6, 6.07) is 4.67. The van der Waals surface area contributed by atoms with Crippen LogP contribution in [0.25, 0.3) is 0 Å². The van der Waals surface area contributed by atoms with Crippen LogP contribution in [0.15, 0.2) is 29.3 Å². The van der Waals surface area contributed by atoms with Crippen LogP contribution in [0.5, 0.6) is 5.75 Å². The second-order valence-electron chi connectivity index (χ2n) is 6.27. The van der Waals surface area contributed by atoms with Gasteiger partial charge in [0.15, 0.2) is 0 Å². The third-order valence-corrected chi connectivity index (χ3v) is 6.81. The maximum absolute atomic E-state index is 13.0. The van der Waals surface area contributed by atoms with Gasteiger partial charge in [-0.25, -0.2) is 13.4 Å². The minimum Gasteiger partial charge on any atom is -0.495 e. The Morgan fingerprint density at radius 1 is 1.32 bits per heavy atom. The van der Waals surface area contributed by atoms with E-state index in [0.29, 0.717) is 23.9 Å². The molecule has 1 atom stereocenters. The Morgan fingerprint density at radius 2 is 2.08 bits per heavy atom. The third kappa shape index (κ3) is 3.41. The van der Waals surface area contributed by atoms with Crippen molar-refractivity contribution in [3.8, 4) is 5.75 Å². The number of aryl methyl sites for hydroxylation is 2. The van der Waals surface area contributed by atoms with Crippen LogP contribution < -0.4 is 4.74 Å². The monoisotopic (exact) mass is 383 g/mol. The maximum Gasteiger partial charge on any atom is 0.243 e. The van der Waals surface area contributed by atoms with E-state index in [2.05, 4.69) is 9.55 Å². The summed E-state index contributed by atoms with van der Waals surface area (Å²) in [6.07, 6.45) is 3.57. The number of hydrogen-bond donors (Lipinski definition) is 0. The smallest absolute Gasteiger partial charge is 0.243 e. The molecule has 1 aliphatic heterocycles. The highest BCUT2D eigenvalue weighted by molar-refractivity contribution is 7.89. The molecule has 0 aliphatic carbocycles. The number of hydrogen-bond acceptors (Lipinski definition) is 4. The maximum atomic E-state index is 13.0. The van der Waals surface area contributed by atoms with Crippen LogP contribution in [0.1, 0.15) is 30.4 Å². The number of piperidine rings is 1. The zero-order chi connectivity index (χ0) is 18.2. The van der Waals surface area contributed by atoms with Crippen molar-refractivity contribution in [3.05, 3.63) is 40.9 Å². The number of nitrogens with zero attached hydrogens (tertiary/aromatic N) is 3. The molecule has 6 nitrogen and oxygen atoms in total. The largest absolute Gasteiger partial charge is 0.495 e. The summed E-state index contributed by atoms with van der Waals surface area (Å²) >= 11 is 6.11. The molecule has 0 bridgehead atoms. The molecule has 1 saturated heterocycles. The van der Waals surface area contributed by atoms with Crippen LogP contribution in [0, 0.1) is 13.8 Å². The van der Waals surface area contributed by atoms with E-state index in [9.17, 15) is 8.42 Å². The topological polar surface area (TPSA) is 64.4 Å². The van der Waals surface area contributed by atoms with Gasteiger partial charge in [-0.15, -0.1) is 0 Å². The van der Waals surface area contributed by atoms with Crippen molar-refractivity contribution in [3.63, 3.8) is 0 Å². The first-order chi connectivity index (χ1) is 11.8. The van der Waals surface area contributed by atoms with E-state index in [1.165, 1.54) is 23.5 Å². The molecule has 0 saturated carbocycles. The van der Waals surface area contributed by atoms with Crippen molar-refractivity contribution in [2.75, 3.05) is 20.2 Å². The van der Waals surface area contributed by atoms with Gasteiger partial charge in [-0.1, -0.05) is 11.6 Å². The standard InChI is InChI=1S/C17H22ClN3O3S/c1-12-10-19-13(2)21(12)14-5-4-8-20(11-14)25(22,23)15-6-7-17(24-3)16(18)9-15/h6-7,9-10,14H,4-5,8,11H2,1-3H3. The van der Waals surface area contributed by atoms with E-state index >= 15 is 0 Å². The van der Waals surface area contributed by atoms with Crippen LogP contribution in [0.4, 0.5) is 0 Å². The van der Waals surface area contributed by atoms with Gasteiger partial charge in [0, 0.05) is 31.0 Å². The fraction of sp³-hybridized carbons (Fsp3) is 0.471. The molecule has 1 unspecified atom stereocenters. The first-order valence-electron chi connectivity index (χ1n) is 8.18. The molecule has 3 rings (SSSR count). The Balaban J connectivity index is 1.89. The van der Waals surface area contributed by atoms with Gasteiger partial charge in [0.05, 0.1) is 17.0 Å². The average Bonchev–Trinajstić information content (AvgIpc) is 2.93. The van der Waals surface area contributed by atoms with Crippen molar-refractivity contribution in [1.82, 2.24) is 13.9 Å². The molecule has 0 radical (unpaired) electrons. The number of imidazole rings is 1. The van der Waals surface area contributed by atoms with Gasteiger partial charge in [-0.05, 0) is 44.9 Å². The number of halogens is 1. The Hall–Kier alpha value is -1.57. The second-order valence-corrected chi connectivity index (χ2v) is 8.62. The van der Waals surface area contributed by atoms with E-state index in [1.54, 1.807) is 6.07 Å². The van der Waals surface area contributed by atoms with Gasteiger partial charge in [-0.3, -0.25) is 0 Å². The first-order valence-corrected chi connectivity index (χ1v) is 10.0. The Morgan fingerprint density at radius 3 is 2.68 bits per heavy atom. The summed E-state index contributed by atoms with van der Waals surface area (Å²) in [7, 11) is -2.10. The molecular formula is C17H22ClN3O3S. The molecule has 1 aromatic heterocycles. The number of benzene rings is 1. The highest BCUT2D eigenvalue weighted by Crippen LogP contribution is 2.31. The minimum atomic E-state index is -3.60. The van der Waals surface area contributed by atoms with E-state index < -0.39 is 10.0 Å². The molecule has 1 fully saturated rings. The summed E-state index contributed by atoms with van der Waals surface area (Å²) in [5, 5.41) is 0.290. The van der Waals surface area contributed by atoms with Crippen LogP contribution >= 0.6 is 11.6 Å². The average molecular weight is 384 g/mol. The molecule has 25 heavy (non-hydrogen) atoms. The van der Waals surface area contributed by atoms with E-state index in [0.717, 1.165) is 24.4 Å². The Kier molecular flexibility index (Phi) is 5.09. The highest BCUT2D eigenvalue weighted by atomic mass is 35.5. The van der Waals surface area contributed by atoms with Gasteiger partial charge in [0.2, 0.25) is 10.0 Å². The third-order valence-electron chi connectivity index (χ3n) is 4.65. The SMILES string of the molecule is COc1ccc(S(=O)(=O)N2CCCC(n3c(C)cnc3C)C2)cc1Cl.